The lowest BCUT2D eigenvalue weighted by molar-refractivity contribution is 0.0994. The highest BCUT2D eigenvalue weighted by Gasteiger charge is 2.08. The third-order valence-electron chi connectivity index (χ3n) is 2.11. The van der Waals surface area contributed by atoms with Crippen molar-refractivity contribution in [2.75, 3.05) is 0 Å². The predicted octanol–water partition coefficient (Wildman–Crippen LogP) is 4.54. The van der Waals surface area contributed by atoms with Crippen LogP contribution in [0, 0.1) is 3.57 Å². The summed E-state index contributed by atoms with van der Waals surface area (Å²) in [6.07, 6.45) is 0.482. The topological polar surface area (TPSA) is 17.1 Å². The van der Waals surface area contributed by atoms with Gasteiger partial charge in [0.15, 0.2) is 5.78 Å². The van der Waals surface area contributed by atoms with E-state index in [2.05, 4.69) is 38.5 Å². The smallest absolute Gasteiger partial charge is 0.168 e. The number of halogens is 2. The second kappa shape index (κ2) is 5.42. The molecule has 0 saturated carbocycles. The lowest BCUT2D eigenvalue weighted by atomic mass is 10.1. The summed E-state index contributed by atoms with van der Waals surface area (Å²) in [5.74, 6) is 0.174. The fourth-order valence-electron chi connectivity index (χ4n) is 1.37. The van der Waals surface area contributed by atoms with Gasteiger partial charge in [-0.1, -0.05) is 12.1 Å². The van der Waals surface area contributed by atoms with E-state index in [0.717, 1.165) is 17.8 Å². The van der Waals surface area contributed by atoms with Gasteiger partial charge < -0.3 is 0 Å². The summed E-state index contributed by atoms with van der Waals surface area (Å²) in [6, 6.07) is 11.7. The Hall–Kier alpha value is -0.200. The van der Waals surface area contributed by atoms with Gasteiger partial charge in [-0.05, 0) is 62.8 Å². The Labute approximate surface area is 120 Å². The molecule has 0 amide bonds. The SMILES string of the molecule is O=C(Cc1ccc(Br)s1)c1cccc(I)c1. The van der Waals surface area contributed by atoms with Crippen LogP contribution in [0.3, 0.4) is 0 Å². The maximum Gasteiger partial charge on any atom is 0.168 e. The van der Waals surface area contributed by atoms with Crippen LogP contribution in [0.1, 0.15) is 15.2 Å². The minimum Gasteiger partial charge on any atom is -0.294 e. The first kappa shape index (κ1) is 12.3. The first-order valence-electron chi connectivity index (χ1n) is 4.68. The van der Waals surface area contributed by atoms with Crippen molar-refractivity contribution in [1.29, 1.82) is 0 Å². The first-order valence-corrected chi connectivity index (χ1v) is 7.37. The van der Waals surface area contributed by atoms with Crippen molar-refractivity contribution >= 4 is 55.6 Å². The number of rotatable bonds is 3. The lowest BCUT2D eigenvalue weighted by Crippen LogP contribution is -2.02. The number of benzene rings is 1. The minimum absolute atomic E-state index is 0.174. The van der Waals surface area contributed by atoms with Crippen LogP contribution in [-0.2, 0) is 6.42 Å². The molecule has 82 valence electrons. The number of hydrogen-bond donors (Lipinski definition) is 0. The Morgan fingerprint density at radius 2 is 2.12 bits per heavy atom. The molecule has 1 aromatic carbocycles. The predicted molar refractivity (Wildman–Crippen MR) is 79.2 cm³/mol. The van der Waals surface area contributed by atoms with Crippen LogP contribution in [0.4, 0.5) is 0 Å². The molecule has 0 aliphatic heterocycles. The van der Waals surface area contributed by atoms with Gasteiger partial charge in [-0.25, -0.2) is 0 Å². The molecule has 0 atom stereocenters. The molecule has 0 unspecified atom stereocenters. The Bertz CT molecular complexity index is 521. The van der Waals surface area contributed by atoms with Crippen LogP contribution in [0.15, 0.2) is 40.2 Å². The molecular weight excluding hydrogens is 399 g/mol. The third kappa shape index (κ3) is 3.15. The molecule has 4 heteroatoms. The summed E-state index contributed by atoms with van der Waals surface area (Å²) in [4.78, 5) is 13.1. The fraction of sp³-hybridized carbons (Fsp3) is 0.0833. The van der Waals surface area contributed by atoms with Gasteiger partial charge in [0.05, 0.1) is 3.79 Å². The molecule has 16 heavy (non-hydrogen) atoms. The summed E-state index contributed by atoms with van der Waals surface area (Å²) in [7, 11) is 0. The van der Waals surface area contributed by atoms with Gasteiger partial charge in [0, 0.05) is 20.4 Å². The number of carbonyl (C=O) groups is 1. The van der Waals surface area contributed by atoms with Gasteiger partial charge >= 0.3 is 0 Å². The molecule has 0 saturated heterocycles. The number of ketones is 1. The molecule has 0 fully saturated rings. The van der Waals surface area contributed by atoms with E-state index >= 15 is 0 Å². The highest BCUT2D eigenvalue weighted by molar-refractivity contribution is 14.1. The normalized spacial score (nSPS) is 10.4. The summed E-state index contributed by atoms with van der Waals surface area (Å²) >= 11 is 7.22. The van der Waals surface area contributed by atoms with Gasteiger partial charge in [0.1, 0.15) is 0 Å². The van der Waals surface area contributed by atoms with E-state index < -0.39 is 0 Å². The van der Waals surface area contributed by atoms with Crippen LogP contribution in [-0.4, -0.2) is 5.78 Å². The van der Waals surface area contributed by atoms with Gasteiger partial charge in [-0.15, -0.1) is 11.3 Å². The van der Waals surface area contributed by atoms with E-state index in [0.29, 0.717) is 6.42 Å². The van der Waals surface area contributed by atoms with Crippen molar-refractivity contribution < 1.29 is 4.79 Å². The van der Waals surface area contributed by atoms with E-state index in [9.17, 15) is 4.79 Å². The minimum atomic E-state index is 0.174. The van der Waals surface area contributed by atoms with E-state index in [1.807, 2.05) is 36.4 Å². The van der Waals surface area contributed by atoms with Gasteiger partial charge in [-0.2, -0.15) is 0 Å². The Morgan fingerprint density at radius 1 is 1.31 bits per heavy atom. The van der Waals surface area contributed by atoms with Crippen molar-refractivity contribution in [2.24, 2.45) is 0 Å². The quantitative estimate of drug-likeness (QED) is 0.540. The molecule has 2 aromatic rings. The molecular formula is C12H8BrIOS. The fourth-order valence-corrected chi connectivity index (χ4v) is 3.39. The van der Waals surface area contributed by atoms with Crippen LogP contribution in [0.5, 0.6) is 0 Å². The summed E-state index contributed by atoms with van der Waals surface area (Å²) in [6.45, 7) is 0. The molecule has 1 heterocycles. The average Bonchev–Trinajstić information content (AvgIpc) is 2.64. The highest BCUT2D eigenvalue weighted by Crippen LogP contribution is 2.23. The Balaban J connectivity index is 2.14. The van der Waals surface area contributed by atoms with Crippen LogP contribution >= 0.6 is 49.9 Å². The summed E-state index contributed by atoms with van der Waals surface area (Å²) in [5, 5.41) is 0. The molecule has 0 N–H and O–H groups in total. The molecule has 0 aliphatic rings. The van der Waals surface area contributed by atoms with Crippen LogP contribution < -0.4 is 0 Å². The Kier molecular flexibility index (Phi) is 4.16. The zero-order valence-electron chi connectivity index (χ0n) is 8.24. The Morgan fingerprint density at radius 3 is 2.75 bits per heavy atom. The van der Waals surface area contributed by atoms with E-state index in [1.54, 1.807) is 11.3 Å². The van der Waals surface area contributed by atoms with Crippen molar-refractivity contribution in [2.45, 2.75) is 6.42 Å². The van der Waals surface area contributed by atoms with Crippen molar-refractivity contribution in [3.8, 4) is 0 Å². The molecule has 2 rings (SSSR count). The van der Waals surface area contributed by atoms with Crippen molar-refractivity contribution in [3.63, 3.8) is 0 Å². The third-order valence-corrected chi connectivity index (χ3v) is 4.40. The zero-order valence-corrected chi connectivity index (χ0v) is 12.8. The number of hydrogen-bond acceptors (Lipinski definition) is 2. The van der Waals surface area contributed by atoms with Gasteiger partial charge in [-0.3, -0.25) is 4.79 Å². The van der Waals surface area contributed by atoms with Crippen molar-refractivity contribution in [1.82, 2.24) is 0 Å². The second-order valence-corrected chi connectivity index (χ2v) is 7.11. The first-order chi connectivity index (χ1) is 7.65. The molecule has 1 nitrogen and oxygen atoms in total. The molecule has 1 aromatic heterocycles. The van der Waals surface area contributed by atoms with Gasteiger partial charge in [0.25, 0.3) is 0 Å². The van der Waals surface area contributed by atoms with E-state index in [4.69, 9.17) is 0 Å². The summed E-state index contributed by atoms with van der Waals surface area (Å²) < 4.78 is 2.16. The van der Waals surface area contributed by atoms with Gasteiger partial charge in [0.2, 0.25) is 0 Å². The molecule has 0 bridgehead atoms. The summed E-state index contributed by atoms with van der Waals surface area (Å²) in [5.41, 5.74) is 0.788. The largest absolute Gasteiger partial charge is 0.294 e. The zero-order chi connectivity index (χ0) is 11.5. The van der Waals surface area contributed by atoms with Crippen molar-refractivity contribution in [3.05, 3.63) is 54.2 Å². The average molecular weight is 407 g/mol. The van der Waals surface area contributed by atoms with Crippen LogP contribution in [0.2, 0.25) is 0 Å². The molecule has 0 aliphatic carbocycles. The van der Waals surface area contributed by atoms with E-state index in [1.165, 1.54) is 0 Å². The molecule has 0 spiro atoms. The second-order valence-electron chi connectivity index (χ2n) is 3.32. The molecule has 0 radical (unpaired) electrons. The van der Waals surface area contributed by atoms with Crippen LogP contribution in [0.25, 0.3) is 0 Å². The monoisotopic (exact) mass is 406 g/mol. The van der Waals surface area contributed by atoms with E-state index in [-0.39, 0.29) is 5.78 Å². The maximum absolute atomic E-state index is 12.0. The standard InChI is InChI=1S/C12H8BrIOS/c13-12-5-4-10(16-12)7-11(15)8-2-1-3-9(14)6-8/h1-6H,7H2. The number of Topliss-reactive ketones (excluding diaryl/α,β-unsaturated/α-hetero) is 1. The number of thiophene rings is 1. The maximum atomic E-state index is 12.0. The number of carbonyl (C=O) groups excluding carboxylic acids is 1. The highest BCUT2D eigenvalue weighted by atomic mass is 127. The lowest BCUT2D eigenvalue weighted by Gasteiger charge is -1.99.